The maximum atomic E-state index is 10.1. The largest absolute Gasteiger partial charge is 0.338 e. The van der Waals surface area contributed by atoms with Gasteiger partial charge in [0.2, 0.25) is 0 Å². The summed E-state index contributed by atoms with van der Waals surface area (Å²) in [5.74, 6) is -0.902. The van der Waals surface area contributed by atoms with Gasteiger partial charge in [-0.2, -0.15) is 0 Å². The van der Waals surface area contributed by atoms with E-state index in [0.29, 0.717) is 0 Å². The van der Waals surface area contributed by atoms with Crippen molar-refractivity contribution in [1.29, 1.82) is 0 Å². The van der Waals surface area contributed by atoms with E-state index < -0.39 is 11.9 Å². The minimum absolute atomic E-state index is 0.0297. The summed E-state index contributed by atoms with van der Waals surface area (Å²) >= 11 is 0. The Labute approximate surface area is 225 Å². The van der Waals surface area contributed by atoms with Gasteiger partial charge in [0.25, 0.3) is 6.71 Å². The van der Waals surface area contributed by atoms with Gasteiger partial charge in [-0.3, -0.25) is 0 Å². The van der Waals surface area contributed by atoms with Gasteiger partial charge in [0, 0.05) is 41.4 Å². The Hall–Kier alpha value is -2.68. The van der Waals surface area contributed by atoms with Gasteiger partial charge < -0.3 is 9.80 Å². The molecule has 9 rings (SSSR count). The summed E-state index contributed by atoms with van der Waals surface area (Å²) in [6.07, 6.45) is 8.58. The number of fused-ring (bicyclic) bond motifs is 10. The van der Waals surface area contributed by atoms with Crippen molar-refractivity contribution < 1.29 is 2.74 Å². The second-order valence-corrected chi connectivity index (χ2v) is 13.3. The first kappa shape index (κ1) is 19.4. The minimum Gasteiger partial charge on any atom is -0.338 e. The van der Waals surface area contributed by atoms with Crippen LogP contribution in [0.3, 0.4) is 0 Å². The van der Waals surface area contributed by atoms with Crippen LogP contribution in [0.25, 0.3) is 0 Å². The predicted octanol–water partition coefficient (Wildman–Crippen LogP) is 6.37. The van der Waals surface area contributed by atoms with Gasteiger partial charge in [0.1, 0.15) is 0 Å². The van der Waals surface area contributed by atoms with E-state index in [2.05, 4.69) is 80.0 Å². The van der Waals surface area contributed by atoms with Crippen molar-refractivity contribution in [2.45, 2.75) is 102 Å². The predicted molar refractivity (Wildman–Crippen MR) is 157 cm³/mol. The molecule has 0 aromatic heterocycles. The molecule has 186 valence electrons. The van der Waals surface area contributed by atoms with Crippen molar-refractivity contribution in [2.24, 2.45) is 0 Å². The number of para-hydroxylation sites is 1. The lowest BCUT2D eigenvalue weighted by Gasteiger charge is -2.53. The molecule has 6 aliphatic rings. The highest BCUT2D eigenvalue weighted by atomic mass is 15.3. The van der Waals surface area contributed by atoms with E-state index in [1.54, 1.807) is 0 Å². The van der Waals surface area contributed by atoms with Crippen molar-refractivity contribution in [3.63, 3.8) is 0 Å². The van der Waals surface area contributed by atoms with Crippen LogP contribution >= 0.6 is 0 Å². The van der Waals surface area contributed by atoms with Crippen molar-refractivity contribution in [2.75, 3.05) is 9.80 Å². The molecule has 0 spiro atoms. The Kier molecular flexibility index (Phi) is 3.49. The zero-order valence-corrected chi connectivity index (χ0v) is 22.7. The normalized spacial score (nSPS) is 36.3. The first-order valence-electron chi connectivity index (χ1n) is 15.7. The van der Waals surface area contributed by atoms with Crippen LogP contribution in [0.15, 0.2) is 42.5 Å². The van der Waals surface area contributed by atoms with Crippen molar-refractivity contribution in [1.82, 2.24) is 0 Å². The van der Waals surface area contributed by atoms with Gasteiger partial charge in [0.05, 0.1) is 6.91 Å². The summed E-state index contributed by atoms with van der Waals surface area (Å²) in [5, 5.41) is 0. The molecule has 2 nitrogen and oxygen atoms in total. The molecule has 0 amide bonds. The first-order chi connectivity index (χ1) is 18.6. The Morgan fingerprint density at radius 3 is 2.54 bits per heavy atom. The number of anilines is 4. The van der Waals surface area contributed by atoms with E-state index >= 15 is 0 Å². The van der Waals surface area contributed by atoms with Crippen LogP contribution in [-0.4, -0.2) is 18.3 Å². The highest BCUT2D eigenvalue weighted by Gasteiger charge is 2.61. The van der Waals surface area contributed by atoms with E-state index in [0.717, 1.165) is 31.2 Å². The summed E-state index contributed by atoms with van der Waals surface area (Å²) in [5.41, 5.74) is 14.6. The standard InChI is InChI=1S/C34H37BN2/c1-20-16-23-22-10-5-6-13-27(22)36-28-18-21(2)19-29-30(28)35(26(17-20)31(23)36)25-12-9-11-24-32(25)37(29)34(4)15-8-7-14-33(24,34)3/h9,11-12,16-19,22,27H,5-8,10,13-15H2,1-4H3/i22D,27D. The van der Waals surface area contributed by atoms with Gasteiger partial charge >= 0.3 is 0 Å². The fraction of sp³-hybridized carbons (Fsp3) is 0.471. The van der Waals surface area contributed by atoms with E-state index in [1.165, 1.54) is 81.5 Å². The molecule has 2 fully saturated rings. The Bertz CT molecular complexity index is 1630. The highest BCUT2D eigenvalue weighted by molar-refractivity contribution is 7.00. The van der Waals surface area contributed by atoms with Crippen LogP contribution < -0.4 is 26.2 Å². The molecule has 37 heavy (non-hydrogen) atoms. The number of hydrogen-bond acceptors (Lipinski definition) is 2. The Morgan fingerprint density at radius 1 is 0.865 bits per heavy atom. The van der Waals surface area contributed by atoms with Gasteiger partial charge in [-0.1, -0.05) is 68.5 Å². The second kappa shape index (κ2) is 6.66. The lowest BCUT2D eigenvalue weighted by molar-refractivity contribution is 0.195. The van der Waals surface area contributed by atoms with Crippen LogP contribution in [0.2, 0.25) is 0 Å². The number of rotatable bonds is 0. The maximum Gasteiger partial charge on any atom is 0.252 e. The first-order valence-corrected chi connectivity index (χ1v) is 14.7. The number of aryl methyl sites for hydroxylation is 2. The average Bonchev–Trinajstić information content (AvgIpc) is 3.25. The smallest absolute Gasteiger partial charge is 0.252 e. The summed E-state index contributed by atoms with van der Waals surface area (Å²) in [6.45, 7) is 9.64. The molecule has 0 radical (unpaired) electrons. The third-order valence-electron chi connectivity index (χ3n) is 11.4. The van der Waals surface area contributed by atoms with Gasteiger partial charge in [-0.05, 0) is 91.7 Å². The van der Waals surface area contributed by atoms with Crippen molar-refractivity contribution in [3.8, 4) is 0 Å². The Morgan fingerprint density at radius 2 is 1.65 bits per heavy atom. The fourth-order valence-electron chi connectivity index (χ4n) is 9.64. The summed E-state index contributed by atoms with van der Waals surface area (Å²) in [7, 11) is 0. The third-order valence-corrected chi connectivity index (χ3v) is 11.4. The molecule has 0 bridgehead atoms. The number of benzene rings is 3. The zero-order chi connectivity index (χ0) is 26.7. The number of hydrogen-bond donors (Lipinski definition) is 0. The van der Waals surface area contributed by atoms with Crippen LogP contribution in [0.5, 0.6) is 0 Å². The van der Waals surface area contributed by atoms with E-state index in [4.69, 9.17) is 0 Å². The van der Waals surface area contributed by atoms with Gasteiger partial charge in [-0.25, -0.2) is 0 Å². The maximum absolute atomic E-state index is 10.1. The molecule has 3 aromatic rings. The summed E-state index contributed by atoms with van der Waals surface area (Å²) in [4.78, 5) is 5.13. The second-order valence-electron chi connectivity index (χ2n) is 13.3. The highest BCUT2D eigenvalue weighted by Crippen LogP contribution is 2.62. The third kappa shape index (κ3) is 2.26. The van der Waals surface area contributed by atoms with Crippen molar-refractivity contribution in [3.05, 3.63) is 64.7 Å². The SMILES string of the molecule is [2H]C12CCCCC1([2H])N1c3cc(C)cc4c3B(c3cc(C)cc2c31)c1cccc2c1N4C1(C)CCCCC21C. The molecule has 4 unspecified atom stereocenters. The molecular formula is C34H37BN2. The monoisotopic (exact) mass is 486 g/mol. The molecule has 4 heterocycles. The zero-order valence-electron chi connectivity index (χ0n) is 24.7. The molecular weight excluding hydrogens is 447 g/mol. The molecule has 2 saturated carbocycles. The lowest BCUT2D eigenvalue weighted by atomic mass is 9.33. The van der Waals surface area contributed by atoms with E-state index in [-0.39, 0.29) is 17.7 Å². The van der Waals surface area contributed by atoms with E-state index in [1.807, 2.05) is 0 Å². The van der Waals surface area contributed by atoms with E-state index in [9.17, 15) is 2.74 Å². The quantitative estimate of drug-likeness (QED) is 0.341. The van der Waals surface area contributed by atoms with Crippen LogP contribution in [0, 0.1) is 13.8 Å². The van der Waals surface area contributed by atoms with Crippen LogP contribution in [-0.2, 0) is 5.41 Å². The minimum atomic E-state index is -0.973. The topological polar surface area (TPSA) is 6.48 Å². The number of nitrogens with zero attached hydrogens (tertiary/aromatic N) is 2. The summed E-state index contributed by atoms with van der Waals surface area (Å²) in [6, 6.07) is 15.6. The van der Waals surface area contributed by atoms with Gasteiger partial charge in [-0.15, -0.1) is 0 Å². The molecule has 3 heteroatoms. The lowest BCUT2D eigenvalue weighted by Crippen LogP contribution is -2.65. The molecule has 0 saturated heterocycles. The molecule has 3 aromatic carbocycles. The Balaban J connectivity index is 1.44. The fourth-order valence-corrected chi connectivity index (χ4v) is 9.64. The summed E-state index contributed by atoms with van der Waals surface area (Å²) < 4.78 is 20.0. The molecule has 4 aliphatic heterocycles. The average molecular weight is 487 g/mol. The van der Waals surface area contributed by atoms with Crippen LogP contribution in [0.4, 0.5) is 22.7 Å². The van der Waals surface area contributed by atoms with Crippen LogP contribution in [0.1, 0.15) is 96.1 Å². The van der Waals surface area contributed by atoms with Crippen molar-refractivity contribution >= 4 is 45.9 Å². The molecule has 0 N–H and O–H groups in total. The molecule has 4 atom stereocenters. The molecule has 2 aliphatic carbocycles. The van der Waals surface area contributed by atoms with Gasteiger partial charge in [0.15, 0.2) is 0 Å².